The van der Waals surface area contributed by atoms with Crippen LogP contribution in [0.25, 0.3) is 0 Å². The van der Waals surface area contributed by atoms with Crippen molar-refractivity contribution in [1.29, 1.82) is 0 Å². The summed E-state index contributed by atoms with van der Waals surface area (Å²) in [5, 5.41) is 4.39. The standard InChI is InChI=1S/C13H23N3OS/c1-4-11-12(8-14-2)18-13(15-11)16-7-5-6-10(9-16)17-3/h10,14H,4-9H2,1-3H3. The molecule has 1 saturated heterocycles. The first-order valence-electron chi connectivity index (χ1n) is 6.69. The van der Waals surface area contributed by atoms with Gasteiger partial charge in [-0.25, -0.2) is 4.98 Å². The van der Waals surface area contributed by atoms with Crippen molar-refractivity contribution in [3.8, 4) is 0 Å². The number of ether oxygens (including phenoxy) is 1. The second-order valence-electron chi connectivity index (χ2n) is 4.70. The van der Waals surface area contributed by atoms with Crippen molar-refractivity contribution in [1.82, 2.24) is 10.3 Å². The van der Waals surface area contributed by atoms with Gasteiger partial charge in [0.25, 0.3) is 0 Å². The first-order valence-corrected chi connectivity index (χ1v) is 7.51. The number of anilines is 1. The van der Waals surface area contributed by atoms with E-state index in [1.165, 1.54) is 28.5 Å². The molecule has 1 aliphatic rings. The first kappa shape index (κ1) is 13.8. The number of rotatable bonds is 5. The lowest BCUT2D eigenvalue weighted by Crippen LogP contribution is -2.39. The molecular formula is C13H23N3OS. The Morgan fingerprint density at radius 2 is 2.39 bits per heavy atom. The molecule has 0 radical (unpaired) electrons. The van der Waals surface area contributed by atoms with Crippen molar-refractivity contribution in [2.45, 2.75) is 38.8 Å². The Bertz CT molecular complexity index is 380. The van der Waals surface area contributed by atoms with E-state index < -0.39 is 0 Å². The third kappa shape index (κ3) is 3.02. The number of aromatic nitrogens is 1. The monoisotopic (exact) mass is 269 g/mol. The lowest BCUT2D eigenvalue weighted by Gasteiger charge is -2.31. The fraction of sp³-hybridized carbons (Fsp3) is 0.769. The van der Waals surface area contributed by atoms with E-state index in [-0.39, 0.29) is 0 Å². The molecule has 0 bridgehead atoms. The molecule has 102 valence electrons. The number of piperidine rings is 1. The minimum Gasteiger partial charge on any atom is -0.380 e. The summed E-state index contributed by atoms with van der Waals surface area (Å²) in [6, 6.07) is 0. The molecule has 2 heterocycles. The number of thiazole rings is 1. The van der Waals surface area contributed by atoms with Gasteiger partial charge >= 0.3 is 0 Å². The predicted octanol–water partition coefficient (Wildman–Crippen LogP) is 2.04. The van der Waals surface area contributed by atoms with Crippen LogP contribution in [0.15, 0.2) is 0 Å². The fourth-order valence-electron chi connectivity index (χ4n) is 2.38. The molecule has 5 heteroatoms. The lowest BCUT2D eigenvalue weighted by molar-refractivity contribution is 0.0893. The van der Waals surface area contributed by atoms with Gasteiger partial charge in [0.05, 0.1) is 11.8 Å². The number of nitrogens with one attached hydrogen (secondary N) is 1. The van der Waals surface area contributed by atoms with Crippen LogP contribution in [0.4, 0.5) is 5.13 Å². The normalized spacial score (nSPS) is 20.4. The minimum absolute atomic E-state index is 0.362. The Balaban J connectivity index is 2.12. The van der Waals surface area contributed by atoms with Crippen molar-refractivity contribution in [3.05, 3.63) is 10.6 Å². The van der Waals surface area contributed by atoms with Crippen molar-refractivity contribution in [2.24, 2.45) is 0 Å². The summed E-state index contributed by atoms with van der Waals surface area (Å²) < 4.78 is 5.48. The van der Waals surface area contributed by atoms with Gasteiger partial charge in [0.1, 0.15) is 0 Å². The molecule has 0 aliphatic carbocycles. The van der Waals surface area contributed by atoms with Gasteiger partial charge in [-0.2, -0.15) is 0 Å². The zero-order chi connectivity index (χ0) is 13.0. The highest BCUT2D eigenvalue weighted by molar-refractivity contribution is 7.15. The van der Waals surface area contributed by atoms with Crippen LogP contribution >= 0.6 is 11.3 Å². The highest BCUT2D eigenvalue weighted by atomic mass is 32.1. The van der Waals surface area contributed by atoms with Gasteiger partial charge < -0.3 is 15.0 Å². The van der Waals surface area contributed by atoms with Crippen molar-refractivity contribution in [3.63, 3.8) is 0 Å². The first-order chi connectivity index (χ1) is 8.78. The van der Waals surface area contributed by atoms with Crippen LogP contribution in [-0.2, 0) is 17.7 Å². The molecule has 0 saturated carbocycles. The van der Waals surface area contributed by atoms with Crippen LogP contribution in [0.1, 0.15) is 30.3 Å². The van der Waals surface area contributed by atoms with Crippen LogP contribution in [0.5, 0.6) is 0 Å². The van der Waals surface area contributed by atoms with E-state index in [4.69, 9.17) is 9.72 Å². The molecule has 1 N–H and O–H groups in total. The largest absolute Gasteiger partial charge is 0.380 e. The van der Waals surface area contributed by atoms with Crippen molar-refractivity contribution >= 4 is 16.5 Å². The summed E-state index contributed by atoms with van der Waals surface area (Å²) in [6.45, 7) is 5.18. The molecular weight excluding hydrogens is 246 g/mol. The molecule has 1 aromatic rings. The number of aryl methyl sites for hydroxylation is 1. The van der Waals surface area contributed by atoms with E-state index in [0.717, 1.165) is 26.1 Å². The van der Waals surface area contributed by atoms with Crippen molar-refractivity contribution in [2.75, 3.05) is 32.1 Å². The minimum atomic E-state index is 0.362. The van der Waals surface area contributed by atoms with Gasteiger partial charge in [-0.05, 0) is 26.3 Å². The average Bonchev–Trinajstić information content (AvgIpc) is 2.82. The van der Waals surface area contributed by atoms with Crippen molar-refractivity contribution < 1.29 is 4.74 Å². The third-order valence-electron chi connectivity index (χ3n) is 3.42. The summed E-state index contributed by atoms with van der Waals surface area (Å²) in [6.07, 6.45) is 3.73. The number of methoxy groups -OCH3 is 1. The van der Waals surface area contributed by atoms with Gasteiger partial charge in [0.2, 0.25) is 0 Å². The molecule has 2 rings (SSSR count). The fourth-order valence-corrected chi connectivity index (χ4v) is 3.58. The number of hydrogen-bond acceptors (Lipinski definition) is 5. The van der Waals surface area contributed by atoms with E-state index in [1.54, 1.807) is 7.11 Å². The number of hydrogen-bond donors (Lipinski definition) is 1. The topological polar surface area (TPSA) is 37.4 Å². The summed E-state index contributed by atoms with van der Waals surface area (Å²) >= 11 is 1.82. The Morgan fingerprint density at radius 3 is 3.06 bits per heavy atom. The SMILES string of the molecule is CCc1nc(N2CCCC(OC)C2)sc1CNC. The lowest BCUT2D eigenvalue weighted by atomic mass is 10.1. The van der Waals surface area contributed by atoms with E-state index in [0.29, 0.717) is 6.10 Å². The number of nitrogens with zero attached hydrogens (tertiary/aromatic N) is 2. The zero-order valence-corrected chi connectivity index (χ0v) is 12.3. The van der Waals surface area contributed by atoms with Gasteiger partial charge in [0, 0.05) is 31.6 Å². The molecule has 18 heavy (non-hydrogen) atoms. The molecule has 0 spiro atoms. The van der Waals surface area contributed by atoms with E-state index >= 15 is 0 Å². The van der Waals surface area contributed by atoms with Crippen LogP contribution in [0.2, 0.25) is 0 Å². The molecule has 1 atom stereocenters. The summed E-state index contributed by atoms with van der Waals surface area (Å²) in [5.41, 5.74) is 1.24. The molecule has 1 fully saturated rings. The molecule has 1 unspecified atom stereocenters. The molecule has 1 aliphatic heterocycles. The molecule has 0 amide bonds. The van der Waals surface area contributed by atoms with Gasteiger partial charge in [-0.15, -0.1) is 11.3 Å². The van der Waals surface area contributed by atoms with E-state index in [1.807, 2.05) is 18.4 Å². The summed E-state index contributed by atoms with van der Waals surface area (Å²) in [5.74, 6) is 0. The second kappa shape index (κ2) is 6.50. The van der Waals surface area contributed by atoms with Crippen LogP contribution < -0.4 is 10.2 Å². The highest BCUT2D eigenvalue weighted by Gasteiger charge is 2.22. The van der Waals surface area contributed by atoms with E-state index in [2.05, 4.69) is 17.1 Å². The predicted molar refractivity (Wildman–Crippen MR) is 76.5 cm³/mol. The smallest absolute Gasteiger partial charge is 0.185 e. The van der Waals surface area contributed by atoms with Crippen LogP contribution in [0.3, 0.4) is 0 Å². The van der Waals surface area contributed by atoms with Gasteiger partial charge in [0.15, 0.2) is 5.13 Å². The second-order valence-corrected chi connectivity index (χ2v) is 5.76. The van der Waals surface area contributed by atoms with Gasteiger partial charge in [-0.1, -0.05) is 6.92 Å². The maximum absolute atomic E-state index is 5.48. The summed E-state index contributed by atoms with van der Waals surface area (Å²) in [7, 11) is 3.79. The summed E-state index contributed by atoms with van der Waals surface area (Å²) in [4.78, 5) is 8.53. The average molecular weight is 269 g/mol. The Hall–Kier alpha value is -0.650. The Morgan fingerprint density at radius 1 is 1.56 bits per heavy atom. The molecule has 1 aromatic heterocycles. The van der Waals surface area contributed by atoms with E-state index in [9.17, 15) is 0 Å². The maximum Gasteiger partial charge on any atom is 0.185 e. The Kier molecular flexibility index (Phi) is 4.97. The third-order valence-corrected chi connectivity index (χ3v) is 4.58. The van der Waals surface area contributed by atoms with Crippen LogP contribution in [-0.4, -0.2) is 38.3 Å². The molecule has 4 nitrogen and oxygen atoms in total. The highest BCUT2D eigenvalue weighted by Crippen LogP contribution is 2.29. The van der Waals surface area contributed by atoms with Gasteiger partial charge in [-0.3, -0.25) is 0 Å². The quantitative estimate of drug-likeness (QED) is 0.887. The van der Waals surface area contributed by atoms with Crippen LogP contribution in [0, 0.1) is 0 Å². The maximum atomic E-state index is 5.48. The zero-order valence-electron chi connectivity index (χ0n) is 11.5. The Labute approximate surface area is 113 Å². The molecule has 0 aromatic carbocycles.